The number of carbonyl (C=O) groups is 1. The number of hydrogen-bond acceptors (Lipinski definition) is 5. The van der Waals surface area contributed by atoms with E-state index >= 15 is 0 Å². The molecule has 2 heterocycles. The molecule has 2 atom stereocenters. The lowest BCUT2D eigenvalue weighted by molar-refractivity contribution is -0.136. The van der Waals surface area contributed by atoms with Crippen molar-refractivity contribution < 1.29 is 9.90 Å². The molecule has 7 nitrogen and oxygen atoms in total. The van der Waals surface area contributed by atoms with Crippen LogP contribution in [0.3, 0.4) is 0 Å². The van der Waals surface area contributed by atoms with Crippen molar-refractivity contribution in [2.75, 3.05) is 13.1 Å². The Balaban J connectivity index is 1.69. The molecule has 1 aromatic heterocycles. The van der Waals surface area contributed by atoms with Gasteiger partial charge < -0.3 is 15.7 Å². The zero-order valence-corrected chi connectivity index (χ0v) is 17.3. The monoisotopic (exact) mass is 456 g/mol. The average molecular weight is 458 g/mol. The van der Waals surface area contributed by atoms with Crippen LogP contribution in [-0.2, 0) is 11.3 Å². The van der Waals surface area contributed by atoms with E-state index in [4.69, 9.17) is 17.3 Å². The molecular weight excluding hydrogens is 436 g/mol. The topological polar surface area (TPSA) is 101 Å². The van der Waals surface area contributed by atoms with Crippen molar-refractivity contribution in [1.82, 2.24) is 14.5 Å². The van der Waals surface area contributed by atoms with Gasteiger partial charge in [-0.2, -0.15) is 0 Å². The van der Waals surface area contributed by atoms with E-state index in [1.807, 2.05) is 0 Å². The minimum absolute atomic E-state index is 0.121. The smallest absolute Gasteiger partial charge is 0.261 e. The summed E-state index contributed by atoms with van der Waals surface area (Å²) in [6.07, 6.45) is 2.23. The Labute approximate surface area is 170 Å². The molecule has 146 valence electrons. The normalized spacial score (nSPS) is 17.9. The van der Waals surface area contributed by atoms with Crippen LogP contribution >= 0.6 is 27.5 Å². The van der Waals surface area contributed by atoms with Gasteiger partial charge in [0, 0.05) is 24.1 Å². The zero-order chi connectivity index (χ0) is 19.7. The van der Waals surface area contributed by atoms with Crippen LogP contribution in [0.25, 0.3) is 10.9 Å². The lowest BCUT2D eigenvalue weighted by atomic mass is 9.96. The number of hydrogen-bond donors (Lipinski definition) is 2. The molecule has 2 aromatic rings. The summed E-state index contributed by atoms with van der Waals surface area (Å²) in [6, 6.07) is 2.47. The Morgan fingerprint density at radius 1 is 1.44 bits per heavy atom. The number of aromatic nitrogens is 2. The summed E-state index contributed by atoms with van der Waals surface area (Å²) in [7, 11) is 0. The van der Waals surface area contributed by atoms with Gasteiger partial charge in [-0.1, -0.05) is 11.6 Å². The number of likely N-dealkylation sites (tertiary alicyclic amines) is 1. The molecule has 0 spiro atoms. The maximum absolute atomic E-state index is 12.7. The third-order valence-corrected chi connectivity index (χ3v) is 6.25. The maximum Gasteiger partial charge on any atom is 0.261 e. The third kappa shape index (κ3) is 4.34. The van der Waals surface area contributed by atoms with Crippen LogP contribution in [0.2, 0.25) is 5.02 Å². The predicted octanol–water partition coefficient (Wildman–Crippen LogP) is 1.76. The molecule has 1 amide bonds. The molecule has 0 aliphatic carbocycles. The number of halogens is 2. The van der Waals surface area contributed by atoms with Crippen LogP contribution in [0.5, 0.6) is 0 Å². The molecule has 9 heteroatoms. The summed E-state index contributed by atoms with van der Waals surface area (Å²) >= 11 is 9.45. The molecule has 1 fully saturated rings. The fourth-order valence-corrected chi connectivity index (χ4v) is 3.81. The first kappa shape index (κ1) is 20.3. The molecule has 0 radical (unpaired) electrons. The number of nitrogens with zero attached hydrogens (tertiary/aromatic N) is 3. The summed E-state index contributed by atoms with van der Waals surface area (Å²) < 4.78 is 2.31. The Bertz CT molecular complexity index is 909. The van der Waals surface area contributed by atoms with Crippen LogP contribution in [0.1, 0.15) is 19.8 Å². The van der Waals surface area contributed by atoms with Gasteiger partial charge in [-0.05, 0) is 53.7 Å². The van der Waals surface area contributed by atoms with Crippen LogP contribution in [0, 0.1) is 5.92 Å². The summed E-state index contributed by atoms with van der Waals surface area (Å²) in [6.45, 7) is 3.19. The number of benzene rings is 1. The van der Waals surface area contributed by atoms with Gasteiger partial charge >= 0.3 is 0 Å². The highest BCUT2D eigenvalue weighted by atomic mass is 79.9. The number of carbonyl (C=O) groups excluding carboxylic acids is 1. The van der Waals surface area contributed by atoms with Gasteiger partial charge in [-0.15, -0.1) is 0 Å². The van der Waals surface area contributed by atoms with E-state index in [-0.39, 0.29) is 17.4 Å². The van der Waals surface area contributed by atoms with Crippen LogP contribution in [-0.4, -0.2) is 50.7 Å². The zero-order valence-electron chi connectivity index (χ0n) is 14.9. The molecule has 0 unspecified atom stereocenters. The minimum atomic E-state index is -0.891. The fraction of sp³-hybridized carbons (Fsp3) is 0.500. The number of aliphatic hydroxyl groups is 1. The summed E-state index contributed by atoms with van der Waals surface area (Å²) in [4.78, 5) is 31.0. The van der Waals surface area contributed by atoms with Crippen LogP contribution in [0.4, 0.5) is 0 Å². The van der Waals surface area contributed by atoms with Crippen molar-refractivity contribution >= 4 is 44.3 Å². The molecule has 1 aliphatic rings. The first-order valence-corrected chi connectivity index (χ1v) is 10.0. The summed E-state index contributed by atoms with van der Waals surface area (Å²) in [5, 5.41) is 10.5. The second-order valence-electron chi connectivity index (χ2n) is 7.02. The molecule has 27 heavy (non-hydrogen) atoms. The van der Waals surface area contributed by atoms with Gasteiger partial charge in [0.1, 0.15) is 6.04 Å². The number of fused-ring (bicyclic) bond motifs is 1. The largest absolute Gasteiger partial charge is 0.391 e. The average Bonchev–Trinajstić information content (AvgIpc) is 2.65. The van der Waals surface area contributed by atoms with E-state index in [2.05, 4.69) is 20.9 Å². The number of rotatable bonds is 4. The highest BCUT2D eigenvalue weighted by molar-refractivity contribution is 9.10. The number of nitrogens with two attached hydrogens (primary N) is 1. The van der Waals surface area contributed by atoms with Gasteiger partial charge in [-0.3, -0.25) is 14.2 Å². The minimum Gasteiger partial charge on any atom is -0.391 e. The van der Waals surface area contributed by atoms with Gasteiger partial charge in [0.05, 0.1) is 28.4 Å². The maximum atomic E-state index is 12.7. The highest BCUT2D eigenvalue weighted by Crippen LogP contribution is 2.26. The summed E-state index contributed by atoms with van der Waals surface area (Å²) in [5.74, 6) is 0.0351. The number of amides is 1. The van der Waals surface area contributed by atoms with Crippen molar-refractivity contribution in [3.8, 4) is 0 Å². The Morgan fingerprint density at radius 2 is 2.11 bits per heavy atom. The number of aliphatic hydroxyl groups excluding tert-OH is 1. The van der Waals surface area contributed by atoms with Crippen LogP contribution in [0.15, 0.2) is 27.7 Å². The highest BCUT2D eigenvalue weighted by Gasteiger charge is 2.28. The quantitative estimate of drug-likeness (QED) is 0.728. The van der Waals surface area contributed by atoms with E-state index in [9.17, 15) is 14.7 Å². The molecule has 0 saturated carbocycles. The Hall–Kier alpha value is -1.48. The SMILES string of the molecule is C[C@@H](O)[C@H](N)C(=O)N1CCC(Cn2cnc3cc(Br)c(Cl)cc3c2=O)CC1. The molecule has 0 bridgehead atoms. The second-order valence-corrected chi connectivity index (χ2v) is 8.28. The van der Waals surface area contributed by atoms with Gasteiger partial charge in [0.15, 0.2) is 0 Å². The molecular formula is C18H22BrClN4O3. The standard InChI is InChI=1S/C18H22BrClN4O3/c1-10(25)16(21)18(27)23-4-2-11(3-5-23)8-24-9-22-15-7-13(19)14(20)6-12(15)17(24)26/h6-7,9-11,16,25H,2-5,8,21H2,1H3/t10-,16+/m1/s1. The summed E-state index contributed by atoms with van der Waals surface area (Å²) in [5.41, 5.74) is 6.21. The molecule has 3 N–H and O–H groups in total. The predicted molar refractivity (Wildman–Crippen MR) is 108 cm³/mol. The van der Waals surface area contributed by atoms with E-state index in [0.29, 0.717) is 40.0 Å². The second kappa shape index (κ2) is 8.26. The fourth-order valence-electron chi connectivity index (χ4n) is 3.31. The van der Waals surface area contributed by atoms with Crippen LogP contribution < -0.4 is 11.3 Å². The molecule has 3 rings (SSSR count). The van der Waals surface area contributed by atoms with Crippen molar-refractivity contribution in [1.29, 1.82) is 0 Å². The van der Waals surface area contributed by atoms with E-state index in [0.717, 1.165) is 12.8 Å². The molecule has 1 aliphatic heterocycles. The van der Waals surface area contributed by atoms with Crippen molar-refractivity contribution in [2.24, 2.45) is 11.7 Å². The first-order chi connectivity index (χ1) is 12.8. The Kier molecular flexibility index (Phi) is 6.20. The van der Waals surface area contributed by atoms with Gasteiger partial charge in [0.2, 0.25) is 5.91 Å². The van der Waals surface area contributed by atoms with Crippen molar-refractivity contribution in [3.05, 3.63) is 38.3 Å². The Morgan fingerprint density at radius 3 is 2.74 bits per heavy atom. The molecule has 1 saturated heterocycles. The van der Waals surface area contributed by atoms with Gasteiger partial charge in [-0.25, -0.2) is 4.98 Å². The molecule has 1 aromatic carbocycles. The first-order valence-electron chi connectivity index (χ1n) is 8.84. The van der Waals surface area contributed by atoms with E-state index in [1.54, 1.807) is 27.9 Å². The van der Waals surface area contributed by atoms with Gasteiger partial charge in [0.25, 0.3) is 5.56 Å². The van der Waals surface area contributed by atoms with Crippen molar-refractivity contribution in [3.63, 3.8) is 0 Å². The van der Waals surface area contributed by atoms with E-state index < -0.39 is 12.1 Å². The van der Waals surface area contributed by atoms with E-state index in [1.165, 1.54) is 6.92 Å². The number of piperidine rings is 1. The lowest BCUT2D eigenvalue weighted by Crippen LogP contribution is -2.51. The lowest BCUT2D eigenvalue weighted by Gasteiger charge is -2.34. The third-order valence-electron chi connectivity index (χ3n) is 5.05. The van der Waals surface area contributed by atoms with Crippen molar-refractivity contribution in [2.45, 2.75) is 38.5 Å².